The Bertz CT molecular complexity index is 4530. The van der Waals surface area contributed by atoms with E-state index in [0.717, 1.165) is 0 Å². The highest BCUT2D eigenvalue weighted by Crippen LogP contribution is 2.42. The smallest absolute Gasteiger partial charge is 0.0645 e. The fraction of sp³-hybridized carbons (Fsp3) is 0. The lowest BCUT2D eigenvalue weighted by Crippen LogP contribution is -2.09. The van der Waals surface area contributed by atoms with Crippen LogP contribution in [0.3, 0.4) is 0 Å². The Labute approximate surface area is 353 Å². The first kappa shape index (κ1) is 11.8. The van der Waals surface area contributed by atoms with E-state index in [9.17, 15) is 16.4 Å². The molecule has 0 aliphatic rings. The van der Waals surface area contributed by atoms with Gasteiger partial charge in [-0.15, -0.1) is 11.3 Å². The summed E-state index contributed by atoms with van der Waals surface area (Å²) in [6.07, 6.45) is 0. The zero-order valence-corrected chi connectivity index (χ0v) is 26.7. The average molecular weight is 713 g/mol. The molecule has 0 spiro atoms. The third-order valence-corrected chi connectivity index (χ3v) is 8.94. The summed E-state index contributed by atoms with van der Waals surface area (Å²) >= 11 is 0.572. The van der Waals surface area contributed by atoms with Crippen LogP contribution in [0.5, 0.6) is 0 Å². The molecule has 0 aliphatic heterocycles. The van der Waals surface area contributed by atoms with Crippen molar-refractivity contribution in [1.82, 2.24) is 0 Å². The Morgan fingerprint density at radius 1 is 0.327 bits per heavy atom. The van der Waals surface area contributed by atoms with E-state index in [1.165, 1.54) is 0 Å². The van der Waals surface area contributed by atoms with Crippen LogP contribution in [0.25, 0.3) is 75.1 Å². The van der Waals surface area contributed by atoms with Gasteiger partial charge in [-0.25, -0.2) is 0 Å². The van der Waals surface area contributed by atoms with Crippen molar-refractivity contribution in [3.05, 3.63) is 199 Å². The molecule has 1 nitrogen and oxygen atoms in total. The molecule has 10 aromatic rings. The summed E-state index contributed by atoms with van der Waals surface area (Å²) in [6.45, 7) is 0. The van der Waals surface area contributed by atoms with Gasteiger partial charge in [-0.05, 0) is 97.2 Å². The topological polar surface area (TPSA) is 3.24 Å². The number of fused-ring (bicyclic) bond motifs is 5. The van der Waals surface area contributed by atoms with E-state index in [-0.39, 0.29) is 25.1 Å². The number of hydrogen-bond donors (Lipinski definition) is 0. The minimum Gasteiger partial charge on any atom is -0.311 e. The second-order valence-electron chi connectivity index (χ2n) is 10.8. The van der Waals surface area contributed by atoms with Crippen molar-refractivity contribution in [3.8, 4) is 33.4 Å². The van der Waals surface area contributed by atoms with E-state index in [2.05, 4.69) is 0 Å². The second kappa shape index (κ2) is 12.7. The molecule has 0 unspecified atom stereocenters. The zero-order chi connectivity index (χ0) is 63.2. The average Bonchev–Trinajstić information content (AvgIpc) is 2.69. The van der Waals surface area contributed by atoms with Crippen molar-refractivity contribution in [2.24, 2.45) is 0 Å². The number of rotatable bonds is 6. The van der Waals surface area contributed by atoms with Gasteiger partial charge in [0.05, 0.1) is 45.2 Å². The second-order valence-corrected chi connectivity index (χ2v) is 11.8. The van der Waals surface area contributed by atoms with Gasteiger partial charge in [-0.2, -0.15) is 0 Å². The van der Waals surface area contributed by atoms with Crippen LogP contribution in [0.2, 0.25) is 0 Å². The molecule has 0 aliphatic carbocycles. The van der Waals surface area contributed by atoms with E-state index >= 15 is 0 Å². The number of anilines is 3. The van der Waals surface area contributed by atoms with Gasteiger partial charge in [-0.3, -0.25) is 0 Å². The van der Waals surface area contributed by atoms with Crippen LogP contribution in [-0.4, -0.2) is 0 Å². The van der Waals surface area contributed by atoms with E-state index in [1.54, 1.807) is 0 Å². The third-order valence-electron chi connectivity index (χ3n) is 7.82. The summed E-state index contributed by atoms with van der Waals surface area (Å²) in [4.78, 5) is 0.284. The Morgan fingerprint density at radius 2 is 0.712 bits per heavy atom. The maximum Gasteiger partial charge on any atom is 0.0645 e. The van der Waals surface area contributed by atoms with E-state index < -0.39 is 271 Å². The van der Waals surface area contributed by atoms with Crippen LogP contribution < -0.4 is 4.90 Å². The highest BCUT2D eigenvalue weighted by molar-refractivity contribution is 7.26. The number of nitrogens with zero attached hydrogens (tertiary/aromatic N) is 1. The van der Waals surface area contributed by atoms with Gasteiger partial charge in [0.2, 0.25) is 0 Å². The summed E-state index contributed by atoms with van der Waals surface area (Å²) in [7, 11) is 0. The van der Waals surface area contributed by atoms with Gasteiger partial charge in [0.15, 0.2) is 0 Å². The summed E-state index contributed by atoms with van der Waals surface area (Å²) in [5, 5.41) is -3.31. The van der Waals surface area contributed by atoms with Gasteiger partial charge in [0, 0.05) is 37.2 Å². The fourth-order valence-corrected chi connectivity index (χ4v) is 6.54. The Hall–Kier alpha value is -6.48. The molecule has 0 saturated carbocycles. The van der Waals surface area contributed by atoms with Gasteiger partial charge in [0.25, 0.3) is 0 Å². The molecule has 244 valence electrons. The molecule has 1 aromatic heterocycles. The van der Waals surface area contributed by atoms with Crippen molar-refractivity contribution in [3.63, 3.8) is 0 Å². The quantitative estimate of drug-likeness (QED) is 0.166. The molecule has 0 atom stereocenters. The lowest BCUT2D eigenvalue weighted by molar-refractivity contribution is 1.28. The lowest BCUT2D eigenvalue weighted by Gasteiger charge is -2.26. The summed E-state index contributed by atoms with van der Waals surface area (Å²) in [6, 6.07) is -33.3. The maximum absolute atomic E-state index is 9.71. The largest absolute Gasteiger partial charge is 0.311 e. The van der Waals surface area contributed by atoms with Crippen LogP contribution in [0.15, 0.2) is 199 Å². The van der Waals surface area contributed by atoms with E-state index in [4.69, 9.17) is 28.8 Å². The van der Waals surface area contributed by atoms with E-state index in [0.29, 0.717) is 11.3 Å². The monoisotopic (exact) mass is 712 g/mol. The molecule has 9 aromatic carbocycles. The van der Waals surface area contributed by atoms with Crippen LogP contribution in [-0.2, 0) is 0 Å². The molecule has 0 saturated heterocycles. The minimum atomic E-state index is -1.32. The van der Waals surface area contributed by atoms with Crippen LogP contribution in [0.4, 0.5) is 17.1 Å². The van der Waals surface area contributed by atoms with E-state index in [1.807, 2.05) is 0 Å². The zero-order valence-electron chi connectivity index (χ0n) is 58.9. The molecule has 10 rings (SSSR count). The molecule has 0 N–H and O–H groups in total. The third kappa shape index (κ3) is 5.24. The van der Waals surface area contributed by atoms with Gasteiger partial charge in [-0.1, -0.05) is 157 Å². The summed E-state index contributed by atoms with van der Waals surface area (Å²) < 4.78 is 297. The summed E-state index contributed by atoms with van der Waals surface area (Å²) in [5.74, 6) is 0. The van der Waals surface area contributed by atoms with Gasteiger partial charge in [0.1, 0.15) is 0 Å². The predicted octanol–water partition coefficient (Wildman–Crippen LogP) is 14.8. The highest BCUT2D eigenvalue weighted by Gasteiger charge is 2.16. The van der Waals surface area contributed by atoms with Crippen molar-refractivity contribution >= 4 is 70.1 Å². The van der Waals surface area contributed by atoms with Crippen molar-refractivity contribution in [1.29, 1.82) is 0 Å². The minimum absolute atomic E-state index is 0.182. The first-order chi connectivity index (χ1) is 39.5. The van der Waals surface area contributed by atoms with Crippen molar-refractivity contribution < 1.29 is 45.2 Å². The molecule has 1 heterocycles. The van der Waals surface area contributed by atoms with Crippen molar-refractivity contribution in [2.45, 2.75) is 0 Å². The van der Waals surface area contributed by atoms with Gasteiger partial charge < -0.3 is 4.90 Å². The fourth-order valence-electron chi connectivity index (χ4n) is 5.47. The van der Waals surface area contributed by atoms with Crippen LogP contribution in [0.1, 0.15) is 45.2 Å². The first-order valence-electron chi connectivity index (χ1n) is 31.6. The molecular formula is C50H33NS. The van der Waals surface area contributed by atoms with Crippen LogP contribution in [0, 0.1) is 0 Å². The molecule has 0 radical (unpaired) electrons. The number of thiophene rings is 1. The number of benzene rings is 9. The molecule has 52 heavy (non-hydrogen) atoms. The number of hydrogen-bond acceptors (Lipinski definition) is 2. The Morgan fingerprint density at radius 3 is 1.25 bits per heavy atom. The first-order valence-corrected chi connectivity index (χ1v) is 15.9. The van der Waals surface area contributed by atoms with Crippen LogP contribution >= 0.6 is 11.3 Å². The Balaban J connectivity index is 1.38. The van der Waals surface area contributed by atoms with Crippen molar-refractivity contribution in [2.75, 3.05) is 4.90 Å². The lowest BCUT2D eigenvalue weighted by atomic mass is 9.97. The normalized spacial score (nSPS) is 20.3. The molecule has 0 bridgehead atoms. The predicted molar refractivity (Wildman–Crippen MR) is 225 cm³/mol. The van der Waals surface area contributed by atoms with Gasteiger partial charge >= 0.3 is 0 Å². The molecule has 0 fully saturated rings. The standard InChI is InChI=1S/C50H33NS/c1-3-14-42-34(10-1)12-7-17-44(42)36-22-28-39(29-23-36)51(40-30-24-37(25-31-40)45-18-8-13-35-11-2-4-15-43(35)45)41-32-26-38(27-33-41)46-19-9-20-48-47-16-5-6-21-49(47)52-50(46)48/h1-33H/i1D,2D,3D,4D,5D,6D,7D,8D,9D,10D,11D,12D,13D,14D,15D,16D,17D,18D,19D,20D,21D,22D,23D,24D,25D,26D,27D,28D,29D,30D,31D,32D,33D. The maximum atomic E-state index is 9.71. The molecule has 0 amide bonds. The molecular weight excluding hydrogens is 647 g/mol. The highest BCUT2D eigenvalue weighted by atomic mass is 32.1. The Kier molecular flexibility index (Phi) is 2.87. The molecule has 2 heteroatoms. The summed E-state index contributed by atoms with van der Waals surface area (Å²) in [5.41, 5.74) is -8.55. The SMILES string of the molecule is [2H]c1c([2H])c(N(c2c([2H])c([2H])c(-c3c([2H])c([2H])c([2H])c4c([2H])c([2H])c([2H])c([2H])c34)c([2H])c2[2H])c2c([2H])c([2H])c(-c3c([2H])c([2H])c([2H])c4c([2H])c([2H])c([2H])c([2H])c34)c([2H])c2[2H])c([2H])c([2H])c1-c1c([2H])c([2H])c([2H])c2c1sc1c([2H])c([2H])c([2H])c([2H])c12.